The van der Waals surface area contributed by atoms with E-state index in [1.165, 1.54) is 0 Å². The molecule has 2 unspecified atom stereocenters. The molecule has 5 rings (SSSR count). The van der Waals surface area contributed by atoms with Crippen LogP contribution in [0.2, 0.25) is 0 Å². The summed E-state index contributed by atoms with van der Waals surface area (Å²) < 4.78 is 1.46. The highest BCUT2D eigenvalue weighted by molar-refractivity contribution is 9.11. The SMILES string of the molecule is CC(C)(C)c1cc(CCC(=O)Nc2cccc3ccc(C4C(O)c5c(Br)ccc(Br)c5C4O)nc23)cc(C(C)(C)C)c1O. The number of anilines is 1. The van der Waals surface area contributed by atoms with Crippen LogP contribution in [0.3, 0.4) is 0 Å². The van der Waals surface area contributed by atoms with Crippen LogP contribution in [-0.4, -0.2) is 26.2 Å². The van der Waals surface area contributed by atoms with Crippen LogP contribution in [0.25, 0.3) is 10.9 Å². The van der Waals surface area contributed by atoms with Crippen molar-refractivity contribution >= 4 is 54.4 Å². The number of aryl methyl sites for hydroxylation is 1. The number of phenolic OH excluding ortho intramolecular Hbond substituents is 1. The highest BCUT2D eigenvalue weighted by atomic mass is 79.9. The zero-order valence-corrected chi connectivity index (χ0v) is 28.5. The van der Waals surface area contributed by atoms with Crippen molar-refractivity contribution in [1.29, 1.82) is 0 Å². The molecule has 6 nitrogen and oxygen atoms in total. The molecular formula is C35H38Br2N2O4. The first kappa shape index (κ1) is 31.6. The largest absolute Gasteiger partial charge is 0.507 e. The lowest BCUT2D eigenvalue weighted by atomic mass is 9.78. The van der Waals surface area contributed by atoms with Gasteiger partial charge in [0.15, 0.2) is 0 Å². The zero-order valence-electron chi connectivity index (χ0n) is 25.3. The minimum absolute atomic E-state index is 0.149. The van der Waals surface area contributed by atoms with Gasteiger partial charge in [0.2, 0.25) is 5.91 Å². The Bertz CT molecular complexity index is 1650. The van der Waals surface area contributed by atoms with E-state index < -0.39 is 18.1 Å². The summed E-state index contributed by atoms with van der Waals surface area (Å²) >= 11 is 7.04. The number of nitrogens with one attached hydrogen (secondary N) is 1. The Labute approximate surface area is 269 Å². The lowest BCUT2D eigenvalue weighted by molar-refractivity contribution is -0.116. The van der Waals surface area contributed by atoms with Crippen molar-refractivity contribution in [2.75, 3.05) is 5.32 Å². The van der Waals surface area contributed by atoms with Gasteiger partial charge in [0.05, 0.1) is 35.0 Å². The minimum Gasteiger partial charge on any atom is -0.507 e. The van der Waals surface area contributed by atoms with Crippen LogP contribution in [0, 0.1) is 0 Å². The van der Waals surface area contributed by atoms with E-state index in [0.29, 0.717) is 40.2 Å². The van der Waals surface area contributed by atoms with Crippen LogP contribution in [-0.2, 0) is 22.0 Å². The molecule has 226 valence electrons. The molecule has 0 radical (unpaired) electrons. The Balaban J connectivity index is 1.40. The van der Waals surface area contributed by atoms with Gasteiger partial charge in [-0.05, 0) is 58.2 Å². The fraction of sp³-hybridized carbons (Fsp3) is 0.371. The lowest BCUT2D eigenvalue weighted by Crippen LogP contribution is -2.18. The van der Waals surface area contributed by atoms with Gasteiger partial charge < -0.3 is 20.6 Å². The Kier molecular flexibility index (Phi) is 8.55. The van der Waals surface area contributed by atoms with Gasteiger partial charge in [0, 0.05) is 31.9 Å². The molecule has 0 saturated heterocycles. The van der Waals surface area contributed by atoms with Crippen molar-refractivity contribution < 1.29 is 20.1 Å². The van der Waals surface area contributed by atoms with Crippen LogP contribution in [0.5, 0.6) is 5.75 Å². The number of aromatic nitrogens is 1. The van der Waals surface area contributed by atoms with Gasteiger partial charge in [-0.3, -0.25) is 9.78 Å². The molecule has 8 heteroatoms. The summed E-state index contributed by atoms with van der Waals surface area (Å²) in [6, 6.07) is 17.0. The number of carbonyl (C=O) groups excluding carboxylic acids is 1. The highest BCUT2D eigenvalue weighted by Crippen LogP contribution is 2.53. The van der Waals surface area contributed by atoms with Gasteiger partial charge >= 0.3 is 0 Å². The van der Waals surface area contributed by atoms with Gasteiger partial charge in [-0.15, -0.1) is 0 Å². The number of hydrogen-bond donors (Lipinski definition) is 4. The van der Waals surface area contributed by atoms with E-state index in [1.807, 2.05) is 54.6 Å². The fourth-order valence-electron chi connectivity index (χ4n) is 5.94. The number of aromatic hydroxyl groups is 1. The number of pyridine rings is 1. The third kappa shape index (κ3) is 6.12. The standard InChI is InChI=1S/C35H38Br2N2O4/c1-34(2,3)20-16-18(17-21(31(20)41)35(4,5)6)10-15-26(40)38-25-9-7-8-19-11-14-24(39-30(19)25)29-32(42)27-22(36)12-13-23(37)28(27)33(29)43/h7-9,11-14,16-17,29,32-33,41-43H,10,15H2,1-6H3,(H,38,40). The second-order valence-electron chi connectivity index (χ2n) is 13.5. The summed E-state index contributed by atoms with van der Waals surface area (Å²) in [6.45, 7) is 12.5. The predicted molar refractivity (Wildman–Crippen MR) is 179 cm³/mol. The van der Waals surface area contributed by atoms with E-state index in [9.17, 15) is 20.1 Å². The van der Waals surface area contributed by atoms with E-state index in [2.05, 4.69) is 78.7 Å². The second-order valence-corrected chi connectivity index (χ2v) is 15.2. The second kappa shape index (κ2) is 11.6. The number of para-hydroxylation sites is 1. The molecule has 0 aliphatic heterocycles. The number of aliphatic hydroxyl groups excluding tert-OH is 2. The predicted octanol–water partition coefficient (Wildman–Crippen LogP) is 8.50. The number of rotatable bonds is 5. The van der Waals surface area contributed by atoms with E-state index in [4.69, 9.17) is 4.98 Å². The molecule has 4 aromatic rings. The third-order valence-corrected chi connectivity index (χ3v) is 9.62. The van der Waals surface area contributed by atoms with Crippen molar-refractivity contribution in [2.45, 2.75) is 83.3 Å². The number of nitrogens with zero attached hydrogens (tertiary/aromatic N) is 1. The molecule has 4 N–H and O–H groups in total. The van der Waals surface area contributed by atoms with Crippen molar-refractivity contribution in [3.8, 4) is 5.75 Å². The van der Waals surface area contributed by atoms with E-state index in [0.717, 1.165) is 31.0 Å². The molecule has 0 fully saturated rings. The first-order valence-corrected chi connectivity index (χ1v) is 16.1. The number of carbonyl (C=O) groups is 1. The van der Waals surface area contributed by atoms with Crippen LogP contribution in [0.4, 0.5) is 5.69 Å². The maximum absolute atomic E-state index is 13.3. The van der Waals surface area contributed by atoms with E-state index in [1.54, 1.807) is 0 Å². The van der Waals surface area contributed by atoms with Gasteiger partial charge in [-0.1, -0.05) is 104 Å². The molecule has 1 aromatic heterocycles. The van der Waals surface area contributed by atoms with Crippen LogP contribution in [0.1, 0.15) is 99.6 Å². The molecule has 1 heterocycles. The van der Waals surface area contributed by atoms with Crippen molar-refractivity contribution in [1.82, 2.24) is 4.98 Å². The Morgan fingerprint density at radius 3 is 1.95 bits per heavy atom. The zero-order chi connectivity index (χ0) is 31.4. The van der Waals surface area contributed by atoms with E-state index in [-0.39, 0.29) is 23.2 Å². The molecule has 0 saturated carbocycles. The van der Waals surface area contributed by atoms with E-state index >= 15 is 0 Å². The number of benzene rings is 3. The molecule has 3 aromatic carbocycles. The summed E-state index contributed by atoms with van der Waals surface area (Å²) in [7, 11) is 0. The van der Waals surface area contributed by atoms with Crippen LogP contribution in [0.15, 0.2) is 63.5 Å². The molecule has 0 spiro atoms. The average molecular weight is 711 g/mol. The maximum atomic E-state index is 13.3. The van der Waals surface area contributed by atoms with Gasteiger partial charge in [0.25, 0.3) is 0 Å². The molecule has 2 atom stereocenters. The van der Waals surface area contributed by atoms with Crippen LogP contribution >= 0.6 is 31.9 Å². The normalized spacial score (nSPS) is 18.6. The Morgan fingerprint density at radius 1 is 0.860 bits per heavy atom. The Morgan fingerprint density at radius 2 is 1.42 bits per heavy atom. The monoisotopic (exact) mass is 708 g/mol. The first-order valence-electron chi connectivity index (χ1n) is 14.5. The van der Waals surface area contributed by atoms with Crippen molar-refractivity contribution in [2.24, 2.45) is 0 Å². The smallest absolute Gasteiger partial charge is 0.224 e. The van der Waals surface area contributed by atoms with Crippen molar-refractivity contribution in [3.05, 3.63) is 97.1 Å². The van der Waals surface area contributed by atoms with Crippen molar-refractivity contribution in [3.63, 3.8) is 0 Å². The quantitative estimate of drug-likeness (QED) is 0.167. The fourth-order valence-corrected chi connectivity index (χ4v) is 7.10. The minimum atomic E-state index is -0.954. The highest BCUT2D eigenvalue weighted by Gasteiger charge is 2.43. The summed E-state index contributed by atoms with van der Waals surface area (Å²) in [5, 5.41) is 37.4. The van der Waals surface area contributed by atoms with Gasteiger partial charge in [-0.2, -0.15) is 0 Å². The molecule has 43 heavy (non-hydrogen) atoms. The molecule has 1 aliphatic carbocycles. The average Bonchev–Trinajstić information content (AvgIpc) is 3.19. The lowest BCUT2D eigenvalue weighted by Gasteiger charge is -2.28. The molecule has 1 aliphatic rings. The molecule has 0 bridgehead atoms. The third-order valence-electron chi connectivity index (χ3n) is 8.24. The number of hydrogen-bond acceptors (Lipinski definition) is 5. The van der Waals surface area contributed by atoms with Gasteiger partial charge in [-0.25, -0.2) is 0 Å². The van der Waals surface area contributed by atoms with Gasteiger partial charge in [0.1, 0.15) is 5.75 Å². The number of phenols is 1. The maximum Gasteiger partial charge on any atom is 0.224 e. The topological polar surface area (TPSA) is 103 Å². The number of aliphatic hydroxyl groups is 2. The summed E-state index contributed by atoms with van der Waals surface area (Å²) in [6.07, 6.45) is -1.13. The van der Waals surface area contributed by atoms with Crippen LogP contribution < -0.4 is 5.32 Å². The molecular weight excluding hydrogens is 672 g/mol. The number of halogens is 2. The number of amides is 1. The summed E-state index contributed by atoms with van der Waals surface area (Å²) in [4.78, 5) is 18.1. The number of fused-ring (bicyclic) bond motifs is 2. The summed E-state index contributed by atoms with van der Waals surface area (Å²) in [5.74, 6) is -0.489. The first-order chi connectivity index (χ1) is 20.1. The molecule has 1 amide bonds. The Hall–Kier alpha value is -2.78. The summed E-state index contributed by atoms with van der Waals surface area (Å²) in [5.41, 5.74) is 5.25.